The van der Waals surface area contributed by atoms with E-state index in [9.17, 15) is 4.79 Å². The lowest BCUT2D eigenvalue weighted by atomic mass is 10.1. The predicted octanol–water partition coefficient (Wildman–Crippen LogP) is 3.05. The van der Waals surface area contributed by atoms with Crippen LogP contribution in [0.3, 0.4) is 0 Å². The van der Waals surface area contributed by atoms with Gasteiger partial charge in [-0.3, -0.25) is 4.79 Å². The Hall–Kier alpha value is -1.35. The van der Waals surface area contributed by atoms with Crippen molar-refractivity contribution in [2.75, 3.05) is 40.4 Å². The van der Waals surface area contributed by atoms with Crippen LogP contribution in [0.1, 0.15) is 38.8 Å². The predicted molar refractivity (Wildman–Crippen MR) is 123 cm³/mol. The molecule has 0 radical (unpaired) electrons. The summed E-state index contributed by atoms with van der Waals surface area (Å²) in [6.45, 7) is 8.55. The van der Waals surface area contributed by atoms with Crippen LogP contribution in [-0.4, -0.2) is 57.2 Å². The van der Waals surface area contributed by atoms with E-state index in [-0.39, 0.29) is 42.5 Å². The number of amides is 1. The van der Waals surface area contributed by atoms with E-state index in [1.54, 1.807) is 14.1 Å². The van der Waals surface area contributed by atoms with Gasteiger partial charge in [0.25, 0.3) is 0 Å². The molecule has 0 aliphatic carbocycles. The zero-order chi connectivity index (χ0) is 19.4. The Morgan fingerprint density at radius 1 is 1.15 bits per heavy atom. The highest BCUT2D eigenvalue weighted by Gasteiger charge is 2.09. The van der Waals surface area contributed by atoms with Crippen molar-refractivity contribution in [2.24, 2.45) is 10.9 Å². The van der Waals surface area contributed by atoms with Gasteiger partial charge in [-0.2, -0.15) is 0 Å². The van der Waals surface area contributed by atoms with Crippen molar-refractivity contribution >= 4 is 35.8 Å². The summed E-state index contributed by atoms with van der Waals surface area (Å²) >= 11 is 0. The van der Waals surface area contributed by atoms with Gasteiger partial charge in [-0.05, 0) is 24.8 Å². The van der Waals surface area contributed by atoms with Gasteiger partial charge in [0, 0.05) is 27.2 Å². The first-order chi connectivity index (χ1) is 12.4. The molecule has 0 saturated carbocycles. The first-order valence-corrected chi connectivity index (χ1v) is 9.27. The Bertz CT molecular complexity index is 550. The summed E-state index contributed by atoms with van der Waals surface area (Å²) in [4.78, 5) is 17.8. The lowest BCUT2D eigenvalue weighted by molar-refractivity contribution is -0.127. The number of carbonyl (C=O) groups excluding carboxylic acids is 1. The Kier molecular flexibility index (Phi) is 13.9. The maximum absolute atomic E-state index is 11.8. The molecule has 1 atom stereocenters. The third-order valence-electron chi connectivity index (χ3n) is 3.90. The average molecular weight is 490 g/mol. The Morgan fingerprint density at radius 3 is 2.41 bits per heavy atom. The van der Waals surface area contributed by atoms with E-state index >= 15 is 0 Å². The standard InChI is InChI=1S/C20H34N4O2.HI/c1-16(2)11-13-26-14-12-21-20(22-15-19(25)24(4)5)23-17(3)18-9-7-6-8-10-18;/h6-10,16-17H,11-15H2,1-5H3,(H2,21,22,23);1H. The minimum absolute atomic E-state index is 0. The fraction of sp³-hybridized carbons (Fsp3) is 0.600. The lowest BCUT2D eigenvalue weighted by Crippen LogP contribution is -2.41. The minimum Gasteiger partial charge on any atom is -0.380 e. The van der Waals surface area contributed by atoms with E-state index in [2.05, 4.69) is 48.5 Å². The van der Waals surface area contributed by atoms with Gasteiger partial charge in [0.05, 0.1) is 12.6 Å². The number of rotatable bonds is 10. The molecule has 0 fully saturated rings. The molecule has 1 amide bonds. The normalized spacial score (nSPS) is 12.3. The first kappa shape index (κ1) is 25.6. The third-order valence-corrected chi connectivity index (χ3v) is 3.90. The Morgan fingerprint density at radius 2 is 1.81 bits per heavy atom. The summed E-state index contributed by atoms with van der Waals surface area (Å²) in [6.07, 6.45) is 1.06. The monoisotopic (exact) mass is 490 g/mol. The summed E-state index contributed by atoms with van der Waals surface area (Å²) in [5.74, 6) is 1.22. The van der Waals surface area contributed by atoms with Crippen LogP contribution in [0.2, 0.25) is 0 Å². The lowest BCUT2D eigenvalue weighted by Gasteiger charge is -2.19. The van der Waals surface area contributed by atoms with Gasteiger partial charge in [0.15, 0.2) is 5.96 Å². The van der Waals surface area contributed by atoms with Crippen molar-refractivity contribution in [3.05, 3.63) is 35.9 Å². The molecule has 154 valence electrons. The number of ether oxygens (including phenoxy) is 1. The molecule has 6 nitrogen and oxygen atoms in total. The maximum atomic E-state index is 11.8. The van der Waals surface area contributed by atoms with Gasteiger partial charge < -0.3 is 20.3 Å². The summed E-state index contributed by atoms with van der Waals surface area (Å²) in [6, 6.07) is 10.2. The Labute approximate surface area is 181 Å². The second kappa shape index (κ2) is 14.7. The first-order valence-electron chi connectivity index (χ1n) is 9.27. The number of nitrogens with one attached hydrogen (secondary N) is 2. The molecule has 1 aromatic carbocycles. The van der Waals surface area contributed by atoms with Gasteiger partial charge in [-0.15, -0.1) is 24.0 Å². The zero-order valence-electron chi connectivity index (χ0n) is 17.2. The highest BCUT2D eigenvalue weighted by Crippen LogP contribution is 2.10. The topological polar surface area (TPSA) is 66.0 Å². The van der Waals surface area contributed by atoms with Crippen LogP contribution in [0.5, 0.6) is 0 Å². The smallest absolute Gasteiger partial charge is 0.243 e. The van der Waals surface area contributed by atoms with Gasteiger partial charge >= 0.3 is 0 Å². The summed E-state index contributed by atoms with van der Waals surface area (Å²) in [5.41, 5.74) is 1.16. The molecule has 1 rings (SSSR count). The molecule has 0 bridgehead atoms. The van der Waals surface area contributed by atoms with Crippen molar-refractivity contribution in [3.63, 3.8) is 0 Å². The molecule has 7 heteroatoms. The number of hydrogen-bond donors (Lipinski definition) is 2. The van der Waals surface area contributed by atoms with Crippen LogP contribution < -0.4 is 10.6 Å². The van der Waals surface area contributed by atoms with Crippen LogP contribution in [0.15, 0.2) is 35.3 Å². The van der Waals surface area contributed by atoms with E-state index < -0.39 is 0 Å². The second-order valence-corrected chi connectivity index (χ2v) is 6.95. The average Bonchev–Trinajstić information content (AvgIpc) is 2.62. The van der Waals surface area contributed by atoms with E-state index in [0.29, 0.717) is 25.0 Å². The molecule has 0 aliphatic heterocycles. The molecule has 1 unspecified atom stereocenters. The van der Waals surface area contributed by atoms with E-state index in [1.165, 1.54) is 4.90 Å². The molecule has 0 saturated heterocycles. The number of benzene rings is 1. The van der Waals surface area contributed by atoms with Gasteiger partial charge in [-0.1, -0.05) is 44.2 Å². The summed E-state index contributed by atoms with van der Waals surface area (Å²) in [5, 5.41) is 6.60. The number of aliphatic imine (C=N–C) groups is 1. The number of likely N-dealkylation sites (N-methyl/N-ethyl adjacent to an activating group) is 1. The van der Waals surface area contributed by atoms with Gasteiger partial charge in [0.2, 0.25) is 5.91 Å². The molecule has 0 heterocycles. The van der Waals surface area contributed by atoms with E-state index in [4.69, 9.17) is 4.74 Å². The van der Waals surface area contributed by atoms with Crippen molar-refractivity contribution in [2.45, 2.75) is 33.2 Å². The summed E-state index contributed by atoms with van der Waals surface area (Å²) < 4.78 is 5.63. The van der Waals surface area contributed by atoms with Gasteiger partial charge in [-0.25, -0.2) is 4.99 Å². The highest BCUT2D eigenvalue weighted by molar-refractivity contribution is 14.0. The summed E-state index contributed by atoms with van der Waals surface area (Å²) in [7, 11) is 3.46. The van der Waals surface area contributed by atoms with Crippen molar-refractivity contribution in [3.8, 4) is 0 Å². The molecule has 2 N–H and O–H groups in total. The van der Waals surface area contributed by atoms with Crippen LogP contribution in [0.25, 0.3) is 0 Å². The Balaban J connectivity index is 0.00000676. The van der Waals surface area contributed by atoms with Crippen LogP contribution >= 0.6 is 24.0 Å². The molecule has 0 aliphatic rings. The van der Waals surface area contributed by atoms with E-state index in [0.717, 1.165) is 18.6 Å². The SMILES string of the molecule is CC(C)CCOCCNC(=NCC(=O)N(C)C)NC(C)c1ccccc1.I. The molecule has 0 spiro atoms. The van der Waals surface area contributed by atoms with Crippen molar-refractivity contribution in [1.29, 1.82) is 0 Å². The fourth-order valence-electron chi connectivity index (χ4n) is 2.13. The number of carbonyl (C=O) groups is 1. The highest BCUT2D eigenvalue weighted by atomic mass is 127. The molecule has 27 heavy (non-hydrogen) atoms. The van der Waals surface area contributed by atoms with Crippen LogP contribution in [0.4, 0.5) is 0 Å². The minimum atomic E-state index is -0.0355. The zero-order valence-corrected chi connectivity index (χ0v) is 19.5. The van der Waals surface area contributed by atoms with Gasteiger partial charge in [0.1, 0.15) is 6.54 Å². The van der Waals surface area contributed by atoms with E-state index in [1.807, 2.05) is 18.2 Å². The largest absolute Gasteiger partial charge is 0.380 e. The molecule has 0 aromatic heterocycles. The van der Waals surface area contributed by atoms with Crippen LogP contribution in [-0.2, 0) is 9.53 Å². The number of guanidine groups is 1. The molecular formula is C20H35IN4O2. The second-order valence-electron chi connectivity index (χ2n) is 6.95. The third kappa shape index (κ3) is 11.9. The number of halogens is 1. The molecule has 1 aromatic rings. The van der Waals surface area contributed by atoms with Crippen molar-refractivity contribution in [1.82, 2.24) is 15.5 Å². The number of hydrogen-bond acceptors (Lipinski definition) is 3. The quantitative estimate of drug-likeness (QED) is 0.229. The number of nitrogens with zero attached hydrogens (tertiary/aromatic N) is 2. The fourth-order valence-corrected chi connectivity index (χ4v) is 2.13. The maximum Gasteiger partial charge on any atom is 0.243 e. The van der Waals surface area contributed by atoms with Crippen LogP contribution in [0, 0.1) is 5.92 Å². The van der Waals surface area contributed by atoms with Crippen molar-refractivity contribution < 1.29 is 9.53 Å². The molecular weight excluding hydrogens is 455 g/mol.